The Morgan fingerprint density at radius 3 is 2.03 bits per heavy atom. The van der Waals surface area contributed by atoms with Gasteiger partial charge in [0, 0.05) is 33.9 Å². The molecule has 0 aromatic heterocycles. The highest BCUT2D eigenvalue weighted by Gasteiger charge is 2.41. The minimum Gasteiger partial charge on any atom is -0.497 e. The molecule has 1 heterocycles. The number of ether oxygens (including phenoxy) is 3. The predicted molar refractivity (Wildman–Crippen MR) is 111 cm³/mol. The molecule has 0 radical (unpaired) electrons. The fraction of sp³-hybridized carbons (Fsp3) is 0.545. The monoisotopic (exact) mass is 404 g/mol. The molecular weight excluding hydrogens is 372 g/mol. The first-order valence-corrected chi connectivity index (χ1v) is 10.1. The summed E-state index contributed by atoms with van der Waals surface area (Å²) in [6, 6.07) is 7.23. The van der Waals surface area contributed by atoms with E-state index in [0.29, 0.717) is 55.4 Å². The van der Waals surface area contributed by atoms with Gasteiger partial charge < -0.3 is 19.1 Å². The number of hydrogen-bond donors (Lipinski definition) is 0. The van der Waals surface area contributed by atoms with Gasteiger partial charge in [0.15, 0.2) is 0 Å². The smallest absolute Gasteiger partial charge is 0.277 e. The molecule has 0 spiro atoms. The van der Waals surface area contributed by atoms with Gasteiger partial charge in [-0.25, -0.2) is 0 Å². The molecule has 1 aromatic carbocycles. The van der Waals surface area contributed by atoms with Crippen molar-refractivity contribution in [3.8, 4) is 5.75 Å². The lowest BCUT2D eigenvalue weighted by Gasteiger charge is -2.25. The van der Waals surface area contributed by atoms with E-state index < -0.39 is 0 Å². The predicted octanol–water partition coefficient (Wildman–Crippen LogP) is 2.56. The van der Waals surface area contributed by atoms with Crippen molar-refractivity contribution in [3.05, 3.63) is 35.5 Å². The number of benzene rings is 1. The number of hydrogen-bond acceptors (Lipinski definition) is 6. The van der Waals surface area contributed by atoms with Gasteiger partial charge in [0.2, 0.25) is 0 Å². The Hall–Kier alpha value is -2.38. The molecule has 0 saturated heterocycles. The first-order chi connectivity index (χ1) is 14.1. The van der Waals surface area contributed by atoms with Crippen LogP contribution in [-0.2, 0) is 19.1 Å². The molecule has 1 aromatic rings. The van der Waals surface area contributed by atoms with Gasteiger partial charge in [0.25, 0.3) is 11.8 Å². The lowest BCUT2D eigenvalue weighted by molar-refractivity contribution is -0.137. The molecule has 2 rings (SSSR count). The number of imide groups is 1. The molecule has 0 bridgehead atoms. The molecule has 0 saturated carbocycles. The number of unbranched alkanes of at least 4 members (excludes halogenated alkanes) is 2. The second-order valence-electron chi connectivity index (χ2n) is 6.89. The molecule has 0 atom stereocenters. The van der Waals surface area contributed by atoms with Gasteiger partial charge in [-0.3, -0.25) is 14.5 Å². The van der Waals surface area contributed by atoms with Crippen LogP contribution in [0.3, 0.4) is 0 Å². The van der Waals surface area contributed by atoms with Crippen LogP contribution in [0.5, 0.6) is 5.75 Å². The van der Waals surface area contributed by atoms with E-state index in [2.05, 4.69) is 6.92 Å². The number of rotatable bonds is 13. The first-order valence-electron chi connectivity index (χ1n) is 10.1. The molecule has 160 valence electrons. The molecule has 0 unspecified atom stereocenters. The van der Waals surface area contributed by atoms with Gasteiger partial charge >= 0.3 is 0 Å². The van der Waals surface area contributed by atoms with Crippen LogP contribution in [0.4, 0.5) is 0 Å². The van der Waals surface area contributed by atoms with E-state index in [1.807, 2.05) is 17.0 Å². The van der Waals surface area contributed by atoms with E-state index in [-0.39, 0.29) is 11.8 Å². The zero-order valence-corrected chi connectivity index (χ0v) is 17.9. The molecular formula is C22H32N2O5. The third-order valence-electron chi connectivity index (χ3n) is 4.95. The highest BCUT2D eigenvalue weighted by atomic mass is 16.5. The van der Waals surface area contributed by atoms with Gasteiger partial charge in [-0.05, 0) is 24.1 Å². The van der Waals surface area contributed by atoms with Crippen molar-refractivity contribution in [2.24, 2.45) is 0 Å². The normalized spacial score (nSPS) is 14.1. The number of carbonyl (C=O) groups is 2. The minimum atomic E-state index is -0.246. The maximum Gasteiger partial charge on any atom is 0.277 e. The van der Waals surface area contributed by atoms with Crippen LogP contribution in [0.25, 0.3) is 5.57 Å². The van der Waals surface area contributed by atoms with Crippen LogP contribution in [0, 0.1) is 0 Å². The Bertz CT molecular complexity index is 706. The van der Waals surface area contributed by atoms with Crippen molar-refractivity contribution >= 4 is 17.4 Å². The summed E-state index contributed by atoms with van der Waals surface area (Å²) >= 11 is 0. The number of methoxy groups -OCH3 is 3. The number of nitrogens with zero attached hydrogens (tertiary/aromatic N) is 2. The fourth-order valence-electron chi connectivity index (χ4n) is 3.34. The van der Waals surface area contributed by atoms with Crippen LogP contribution in [0.2, 0.25) is 0 Å². The van der Waals surface area contributed by atoms with Gasteiger partial charge in [-0.15, -0.1) is 0 Å². The SMILES string of the molecule is CCCCCN1C(=O)C(c2ccc(OC)cc2)=C(N(CCOC)CCOC)C1=O. The van der Waals surface area contributed by atoms with Crippen molar-refractivity contribution in [2.45, 2.75) is 26.2 Å². The maximum absolute atomic E-state index is 13.3. The van der Waals surface area contributed by atoms with Crippen molar-refractivity contribution in [2.75, 3.05) is 54.2 Å². The summed E-state index contributed by atoms with van der Waals surface area (Å²) in [6.07, 6.45) is 2.80. The molecule has 7 nitrogen and oxygen atoms in total. The van der Waals surface area contributed by atoms with E-state index in [4.69, 9.17) is 14.2 Å². The van der Waals surface area contributed by atoms with Gasteiger partial charge in [0.05, 0.1) is 25.9 Å². The zero-order valence-electron chi connectivity index (χ0n) is 17.9. The van der Waals surface area contributed by atoms with Gasteiger partial charge in [-0.1, -0.05) is 31.9 Å². The van der Waals surface area contributed by atoms with Crippen LogP contribution >= 0.6 is 0 Å². The van der Waals surface area contributed by atoms with Crippen LogP contribution < -0.4 is 4.74 Å². The zero-order chi connectivity index (χ0) is 21.2. The fourth-order valence-corrected chi connectivity index (χ4v) is 3.34. The number of amides is 2. The standard InChI is InChI=1S/C22H32N2O5/c1-5-6-7-12-24-21(25)19(17-8-10-18(29-4)11-9-17)20(22(24)26)23(13-15-27-2)14-16-28-3/h8-11H,5-7,12-16H2,1-4H3. The molecule has 0 N–H and O–H groups in total. The molecule has 1 aliphatic rings. The second-order valence-corrected chi connectivity index (χ2v) is 6.89. The van der Waals surface area contributed by atoms with Crippen molar-refractivity contribution in [3.63, 3.8) is 0 Å². The van der Waals surface area contributed by atoms with Gasteiger partial charge in [0.1, 0.15) is 11.4 Å². The lowest BCUT2D eigenvalue weighted by atomic mass is 10.0. The van der Waals surface area contributed by atoms with Crippen LogP contribution in [0.1, 0.15) is 31.7 Å². The van der Waals surface area contributed by atoms with E-state index in [0.717, 1.165) is 19.3 Å². The molecule has 2 amide bonds. The molecule has 29 heavy (non-hydrogen) atoms. The summed E-state index contributed by atoms with van der Waals surface area (Å²) in [5.74, 6) is 0.207. The van der Waals surface area contributed by atoms with E-state index in [1.165, 1.54) is 4.90 Å². The van der Waals surface area contributed by atoms with E-state index >= 15 is 0 Å². The quantitative estimate of drug-likeness (QED) is 0.372. The molecule has 0 fully saturated rings. The summed E-state index contributed by atoms with van der Waals surface area (Å²) in [5, 5.41) is 0. The third-order valence-corrected chi connectivity index (χ3v) is 4.95. The van der Waals surface area contributed by atoms with Crippen molar-refractivity contribution in [1.82, 2.24) is 9.80 Å². The average Bonchev–Trinajstić information content (AvgIpc) is 2.99. The van der Waals surface area contributed by atoms with Crippen molar-refractivity contribution in [1.29, 1.82) is 0 Å². The van der Waals surface area contributed by atoms with Crippen LogP contribution in [-0.4, -0.2) is 75.8 Å². The van der Waals surface area contributed by atoms with Gasteiger partial charge in [-0.2, -0.15) is 0 Å². The Morgan fingerprint density at radius 1 is 0.897 bits per heavy atom. The Labute approximate surface area is 173 Å². The lowest BCUT2D eigenvalue weighted by Crippen LogP contribution is -2.38. The summed E-state index contributed by atoms with van der Waals surface area (Å²) < 4.78 is 15.7. The molecule has 7 heteroatoms. The highest BCUT2D eigenvalue weighted by Crippen LogP contribution is 2.32. The molecule has 0 aliphatic carbocycles. The summed E-state index contributed by atoms with van der Waals surface area (Å²) in [7, 11) is 4.83. The highest BCUT2D eigenvalue weighted by molar-refractivity contribution is 6.35. The van der Waals surface area contributed by atoms with Crippen LogP contribution in [0.15, 0.2) is 30.0 Å². The Kier molecular flexibility index (Phi) is 9.15. The van der Waals surface area contributed by atoms with E-state index in [9.17, 15) is 9.59 Å². The number of carbonyl (C=O) groups excluding carboxylic acids is 2. The largest absolute Gasteiger partial charge is 0.497 e. The van der Waals surface area contributed by atoms with E-state index in [1.54, 1.807) is 33.5 Å². The Balaban J connectivity index is 2.45. The second kappa shape index (κ2) is 11.6. The maximum atomic E-state index is 13.3. The summed E-state index contributed by atoms with van der Waals surface area (Å²) in [6.45, 7) is 4.41. The summed E-state index contributed by atoms with van der Waals surface area (Å²) in [5.41, 5.74) is 1.56. The summed E-state index contributed by atoms with van der Waals surface area (Å²) in [4.78, 5) is 29.8. The minimum absolute atomic E-state index is 0.244. The topological polar surface area (TPSA) is 68.3 Å². The van der Waals surface area contributed by atoms with Crippen molar-refractivity contribution < 1.29 is 23.8 Å². The average molecular weight is 405 g/mol. The Morgan fingerprint density at radius 2 is 1.52 bits per heavy atom. The third kappa shape index (κ3) is 5.58. The molecule has 1 aliphatic heterocycles. The first kappa shape index (κ1) is 22.9.